The highest BCUT2D eigenvalue weighted by molar-refractivity contribution is 5.95. The van der Waals surface area contributed by atoms with E-state index in [9.17, 15) is 4.79 Å². The molecule has 88 valence electrons. The molecule has 2 rings (SSSR count). The summed E-state index contributed by atoms with van der Waals surface area (Å²) in [5.74, 6) is 0.600. The lowest BCUT2D eigenvalue weighted by Crippen LogP contribution is -2.24. The molecule has 0 spiro atoms. The first kappa shape index (κ1) is 11.3. The maximum Gasteiger partial charge on any atom is 0.253 e. The monoisotopic (exact) mass is 230 g/mol. The summed E-state index contributed by atoms with van der Waals surface area (Å²) < 4.78 is 0. The molecule has 0 atom stereocenters. The van der Waals surface area contributed by atoms with Crippen LogP contribution in [0.3, 0.4) is 0 Å². The van der Waals surface area contributed by atoms with Gasteiger partial charge in [0, 0.05) is 18.1 Å². The van der Waals surface area contributed by atoms with Crippen LogP contribution in [-0.2, 0) is 6.54 Å². The highest BCUT2D eigenvalue weighted by Crippen LogP contribution is 2.06. The minimum absolute atomic E-state index is 0.133. The van der Waals surface area contributed by atoms with Gasteiger partial charge in [0.2, 0.25) is 0 Å². The number of aromatic amines is 1. The summed E-state index contributed by atoms with van der Waals surface area (Å²) in [6, 6.07) is 3.62. The van der Waals surface area contributed by atoms with Crippen LogP contribution in [-0.4, -0.2) is 20.9 Å². The number of aryl methyl sites for hydroxylation is 2. The van der Waals surface area contributed by atoms with Gasteiger partial charge in [-0.2, -0.15) is 0 Å². The van der Waals surface area contributed by atoms with Gasteiger partial charge in [0.15, 0.2) is 0 Å². The summed E-state index contributed by atoms with van der Waals surface area (Å²) in [5.41, 5.74) is 2.24. The molecule has 2 aromatic heterocycles. The van der Waals surface area contributed by atoms with E-state index in [-0.39, 0.29) is 5.91 Å². The molecule has 2 aromatic rings. The fourth-order valence-corrected chi connectivity index (χ4v) is 1.58. The Morgan fingerprint density at radius 3 is 2.88 bits per heavy atom. The molecule has 0 saturated carbocycles. The van der Waals surface area contributed by atoms with Crippen LogP contribution < -0.4 is 5.32 Å². The molecule has 17 heavy (non-hydrogen) atoms. The number of carbonyl (C=O) groups excluding carboxylic acids is 1. The van der Waals surface area contributed by atoms with Crippen molar-refractivity contribution < 1.29 is 4.79 Å². The number of aromatic nitrogens is 3. The molecule has 0 aromatic carbocycles. The molecule has 0 saturated heterocycles. The molecule has 0 fully saturated rings. The van der Waals surface area contributed by atoms with Gasteiger partial charge >= 0.3 is 0 Å². The van der Waals surface area contributed by atoms with Gasteiger partial charge in [-0.25, -0.2) is 4.98 Å². The van der Waals surface area contributed by atoms with Gasteiger partial charge < -0.3 is 10.3 Å². The normalized spacial score (nSPS) is 10.2. The standard InChI is InChI=1S/C12H14N4O/c1-8-3-4-10(9(2)16-8)12(17)15-7-11-13-5-6-14-11/h3-6H,7H2,1-2H3,(H,13,14)(H,15,17). The first-order valence-electron chi connectivity index (χ1n) is 5.37. The molecule has 2 N–H and O–H groups in total. The molecular weight excluding hydrogens is 216 g/mol. The van der Waals surface area contributed by atoms with E-state index < -0.39 is 0 Å². The van der Waals surface area contributed by atoms with Gasteiger partial charge in [-0.05, 0) is 26.0 Å². The number of imidazole rings is 1. The lowest BCUT2D eigenvalue weighted by atomic mass is 10.2. The predicted molar refractivity (Wildman–Crippen MR) is 63.5 cm³/mol. The van der Waals surface area contributed by atoms with Crippen molar-refractivity contribution in [1.29, 1.82) is 0 Å². The SMILES string of the molecule is Cc1ccc(C(=O)NCc2ncc[nH]2)c(C)n1. The summed E-state index contributed by atoms with van der Waals surface area (Å²) in [6.45, 7) is 4.12. The van der Waals surface area contributed by atoms with Crippen molar-refractivity contribution >= 4 is 5.91 Å². The van der Waals surface area contributed by atoms with E-state index in [4.69, 9.17) is 0 Å². The van der Waals surface area contributed by atoms with E-state index in [1.165, 1.54) is 0 Å². The number of nitrogens with zero attached hydrogens (tertiary/aromatic N) is 2. The van der Waals surface area contributed by atoms with Gasteiger partial charge in [0.25, 0.3) is 5.91 Å². The van der Waals surface area contributed by atoms with Crippen LogP contribution in [0.5, 0.6) is 0 Å². The number of H-pyrrole nitrogens is 1. The number of carbonyl (C=O) groups is 1. The summed E-state index contributed by atoms with van der Waals surface area (Å²) in [4.78, 5) is 23.1. The fourth-order valence-electron chi connectivity index (χ4n) is 1.58. The van der Waals surface area contributed by atoms with Crippen LogP contribution >= 0.6 is 0 Å². The second-order valence-electron chi connectivity index (χ2n) is 3.80. The third-order valence-electron chi connectivity index (χ3n) is 2.44. The highest BCUT2D eigenvalue weighted by atomic mass is 16.1. The van der Waals surface area contributed by atoms with Crippen LogP contribution in [0.15, 0.2) is 24.5 Å². The van der Waals surface area contributed by atoms with E-state index >= 15 is 0 Å². The Morgan fingerprint density at radius 2 is 2.24 bits per heavy atom. The predicted octanol–water partition coefficient (Wildman–Crippen LogP) is 1.35. The third kappa shape index (κ3) is 2.69. The van der Waals surface area contributed by atoms with Crippen molar-refractivity contribution in [3.05, 3.63) is 47.3 Å². The zero-order chi connectivity index (χ0) is 12.3. The number of hydrogen-bond acceptors (Lipinski definition) is 3. The summed E-state index contributed by atoms with van der Waals surface area (Å²) >= 11 is 0. The Bertz CT molecular complexity index is 519. The molecule has 2 heterocycles. The van der Waals surface area contributed by atoms with Gasteiger partial charge in [0.05, 0.1) is 17.8 Å². The molecule has 0 aliphatic heterocycles. The molecule has 5 nitrogen and oxygen atoms in total. The Labute approximate surface area is 99.3 Å². The van der Waals surface area contributed by atoms with Crippen LogP contribution in [0.1, 0.15) is 27.6 Å². The van der Waals surface area contributed by atoms with Crippen LogP contribution in [0, 0.1) is 13.8 Å². The number of pyridine rings is 1. The van der Waals surface area contributed by atoms with Crippen molar-refractivity contribution in [3.63, 3.8) is 0 Å². The average Bonchev–Trinajstić information content (AvgIpc) is 2.78. The molecule has 0 radical (unpaired) electrons. The van der Waals surface area contributed by atoms with Gasteiger partial charge in [-0.3, -0.25) is 9.78 Å². The van der Waals surface area contributed by atoms with Gasteiger partial charge in [-0.1, -0.05) is 0 Å². The minimum atomic E-state index is -0.133. The summed E-state index contributed by atoms with van der Waals surface area (Å²) in [6.07, 6.45) is 3.38. The molecule has 0 bridgehead atoms. The largest absolute Gasteiger partial charge is 0.347 e. The highest BCUT2D eigenvalue weighted by Gasteiger charge is 2.09. The smallest absolute Gasteiger partial charge is 0.253 e. The average molecular weight is 230 g/mol. The third-order valence-corrected chi connectivity index (χ3v) is 2.44. The van der Waals surface area contributed by atoms with Crippen LogP contribution in [0.2, 0.25) is 0 Å². The Morgan fingerprint density at radius 1 is 1.41 bits per heavy atom. The zero-order valence-electron chi connectivity index (χ0n) is 9.82. The Balaban J connectivity index is 2.04. The molecule has 0 aliphatic carbocycles. The number of rotatable bonds is 3. The van der Waals surface area contributed by atoms with Crippen LogP contribution in [0.4, 0.5) is 0 Å². The second-order valence-corrected chi connectivity index (χ2v) is 3.80. The van der Waals surface area contributed by atoms with Gasteiger partial charge in [0.1, 0.15) is 5.82 Å². The number of hydrogen-bond donors (Lipinski definition) is 2. The lowest BCUT2D eigenvalue weighted by Gasteiger charge is -2.06. The maximum absolute atomic E-state index is 11.9. The molecule has 0 unspecified atom stereocenters. The molecule has 5 heteroatoms. The van der Waals surface area contributed by atoms with E-state index in [1.54, 1.807) is 18.5 Å². The quantitative estimate of drug-likeness (QED) is 0.836. The first-order valence-corrected chi connectivity index (χ1v) is 5.37. The molecule has 0 aliphatic rings. The van der Waals surface area contributed by atoms with Crippen LogP contribution in [0.25, 0.3) is 0 Å². The van der Waals surface area contributed by atoms with Crippen molar-refractivity contribution in [3.8, 4) is 0 Å². The van der Waals surface area contributed by atoms with E-state index in [0.717, 1.165) is 17.2 Å². The van der Waals surface area contributed by atoms with Gasteiger partial charge in [-0.15, -0.1) is 0 Å². The second kappa shape index (κ2) is 4.78. The van der Waals surface area contributed by atoms with E-state index in [1.807, 2.05) is 19.9 Å². The minimum Gasteiger partial charge on any atom is -0.347 e. The van der Waals surface area contributed by atoms with Crippen molar-refractivity contribution in [2.24, 2.45) is 0 Å². The Hall–Kier alpha value is -2.17. The topological polar surface area (TPSA) is 70.7 Å². The fraction of sp³-hybridized carbons (Fsp3) is 0.250. The summed E-state index contributed by atoms with van der Waals surface area (Å²) in [7, 11) is 0. The van der Waals surface area contributed by atoms with Crippen molar-refractivity contribution in [2.75, 3.05) is 0 Å². The van der Waals surface area contributed by atoms with E-state index in [0.29, 0.717) is 12.1 Å². The number of amides is 1. The first-order chi connectivity index (χ1) is 8.16. The molecule has 1 amide bonds. The Kier molecular flexibility index (Phi) is 3.18. The zero-order valence-corrected chi connectivity index (χ0v) is 9.82. The number of nitrogens with one attached hydrogen (secondary N) is 2. The van der Waals surface area contributed by atoms with Crippen molar-refractivity contribution in [1.82, 2.24) is 20.3 Å². The molecular formula is C12H14N4O. The maximum atomic E-state index is 11.9. The van der Waals surface area contributed by atoms with E-state index in [2.05, 4.69) is 20.3 Å². The summed E-state index contributed by atoms with van der Waals surface area (Å²) in [5, 5.41) is 2.79. The van der Waals surface area contributed by atoms with Crippen molar-refractivity contribution in [2.45, 2.75) is 20.4 Å². The lowest BCUT2D eigenvalue weighted by molar-refractivity contribution is 0.0949.